The number of nitrogens with zero attached hydrogens (tertiary/aromatic N) is 1. The molecule has 0 saturated carbocycles. The van der Waals surface area contributed by atoms with Crippen LogP contribution in [-0.4, -0.2) is 42.7 Å². The predicted octanol–water partition coefficient (Wildman–Crippen LogP) is 4.57. The molecule has 0 fully saturated rings. The highest BCUT2D eigenvalue weighted by atomic mass is 35.5. The molecule has 1 amide bonds. The van der Waals surface area contributed by atoms with E-state index in [0.717, 1.165) is 6.07 Å². The van der Waals surface area contributed by atoms with Gasteiger partial charge in [0.05, 0.1) is 34.5 Å². The maximum Gasteiger partial charge on any atom is 0.416 e. The summed E-state index contributed by atoms with van der Waals surface area (Å²) in [6.45, 7) is -0.890. The Hall–Kier alpha value is -3.49. The number of ether oxygens (including phenoxy) is 1. The van der Waals surface area contributed by atoms with Gasteiger partial charge in [0.1, 0.15) is 12.3 Å². The molecule has 38 heavy (non-hydrogen) atoms. The van der Waals surface area contributed by atoms with Gasteiger partial charge in [0.15, 0.2) is 0 Å². The molecule has 0 saturated heterocycles. The normalized spacial score (nSPS) is 12.1. The van der Waals surface area contributed by atoms with Crippen LogP contribution < -0.4 is 19.1 Å². The Balaban J connectivity index is 1.76. The summed E-state index contributed by atoms with van der Waals surface area (Å²) in [7, 11) is -6.73. The molecule has 15 heteroatoms. The maximum atomic E-state index is 13.1. The monoisotopic (exact) mass is 591 g/mol. The highest BCUT2D eigenvalue weighted by molar-refractivity contribution is 7.92. The van der Waals surface area contributed by atoms with E-state index in [-0.39, 0.29) is 21.3 Å². The number of nitrogens with one attached hydrogen (secondary N) is 2. The van der Waals surface area contributed by atoms with Crippen LogP contribution in [0.1, 0.15) is 5.56 Å². The van der Waals surface area contributed by atoms with Crippen molar-refractivity contribution in [1.29, 1.82) is 0 Å². The molecular formula is C23H21ClF3N3O6S2. The van der Waals surface area contributed by atoms with Crippen LogP contribution >= 0.6 is 11.6 Å². The van der Waals surface area contributed by atoms with Crippen molar-refractivity contribution in [3.05, 3.63) is 77.3 Å². The first kappa shape index (κ1) is 29.1. The zero-order valence-electron chi connectivity index (χ0n) is 19.8. The Morgan fingerprint density at radius 1 is 0.947 bits per heavy atom. The highest BCUT2D eigenvalue weighted by Crippen LogP contribution is 2.36. The van der Waals surface area contributed by atoms with Crippen molar-refractivity contribution in [2.75, 3.05) is 34.3 Å². The topological polar surface area (TPSA) is 122 Å². The van der Waals surface area contributed by atoms with Gasteiger partial charge >= 0.3 is 6.18 Å². The maximum absolute atomic E-state index is 13.1. The van der Waals surface area contributed by atoms with Gasteiger partial charge in [-0.1, -0.05) is 11.6 Å². The van der Waals surface area contributed by atoms with Crippen LogP contribution in [0.25, 0.3) is 0 Å². The lowest BCUT2D eigenvalue weighted by molar-refractivity contribution is -0.137. The number of carbonyl (C=O) groups is 1. The third kappa shape index (κ3) is 7.30. The molecule has 0 aliphatic heterocycles. The van der Waals surface area contributed by atoms with Crippen LogP contribution in [0.4, 0.5) is 30.2 Å². The van der Waals surface area contributed by atoms with Crippen LogP contribution in [-0.2, 0) is 31.0 Å². The van der Waals surface area contributed by atoms with Crippen molar-refractivity contribution in [3.63, 3.8) is 0 Å². The number of amides is 1. The number of alkyl halides is 3. The van der Waals surface area contributed by atoms with Crippen molar-refractivity contribution in [2.45, 2.75) is 11.1 Å². The number of hydrogen-bond donors (Lipinski definition) is 2. The largest absolute Gasteiger partial charge is 0.497 e. The number of halogens is 4. The molecule has 0 aliphatic carbocycles. The van der Waals surface area contributed by atoms with E-state index in [1.807, 2.05) is 0 Å². The van der Waals surface area contributed by atoms with Gasteiger partial charge in [-0.3, -0.25) is 13.8 Å². The molecule has 9 nitrogen and oxygen atoms in total. The molecule has 0 aromatic heterocycles. The second-order valence-corrected chi connectivity index (χ2v) is 11.8. The first-order valence-corrected chi connectivity index (χ1v) is 14.2. The summed E-state index contributed by atoms with van der Waals surface area (Å²) in [4.78, 5) is 12.5. The Bertz CT molecular complexity index is 1530. The van der Waals surface area contributed by atoms with E-state index < -0.39 is 49.9 Å². The summed E-state index contributed by atoms with van der Waals surface area (Å²) in [5.74, 6) is -0.367. The molecule has 204 valence electrons. The van der Waals surface area contributed by atoms with Gasteiger partial charge in [-0.15, -0.1) is 0 Å². The third-order valence-electron chi connectivity index (χ3n) is 5.02. The van der Waals surface area contributed by atoms with Crippen LogP contribution in [0, 0.1) is 0 Å². The minimum absolute atomic E-state index is 0.113. The van der Waals surface area contributed by atoms with E-state index in [9.17, 15) is 34.8 Å². The van der Waals surface area contributed by atoms with Crippen molar-refractivity contribution in [2.24, 2.45) is 0 Å². The summed E-state index contributed by atoms with van der Waals surface area (Å²) in [5.41, 5.74) is -1.27. The summed E-state index contributed by atoms with van der Waals surface area (Å²) in [6, 6.07) is 13.2. The molecule has 3 aromatic rings. The van der Waals surface area contributed by atoms with E-state index in [1.165, 1.54) is 43.5 Å². The quantitative estimate of drug-likeness (QED) is 0.376. The van der Waals surface area contributed by atoms with E-state index in [4.69, 9.17) is 16.3 Å². The third-order valence-corrected chi connectivity index (χ3v) is 7.86. The average Bonchev–Trinajstić information content (AvgIpc) is 2.82. The second kappa shape index (κ2) is 11.1. The summed E-state index contributed by atoms with van der Waals surface area (Å²) in [5, 5.41) is 2.07. The lowest BCUT2D eigenvalue weighted by atomic mass is 10.2. The lowest BCUT2D eigenvalue weighted by Gasteiger charge is -2.24. The number of rotatable bonds is 9. The number of methoxy groups -OCH3 is 1. The Morgan fingerprint density at radius 3 is 2.05 bits per heavy atom. The van der Waals surface area contributed by atoms with Gasteiger partial charge in [-0.05, 0) is 66.7 Å². The molecular weight excluding hydrogens is 571 g/mol. The lowest BCUT2D eigenvalue weighted by Crippen LogP contribution is -2.37. The molecule has 0 bridgehead atoms. The fourth-order valence-electron chi connectivity index (χ4n) is 3.18. The molecule has 3 rings (SSSR count). The number of benzene rings is 3. The molecule has 2 N–H and O–H groups in total. The van der Waals surface area contributed by atoms with Gasteiger partial charge in [-0.25, -0.2) is 16.8 Å². The standard InChI is InChI=1S/C23H21ClF3N3O6S2/c1-36-18-8-4-17(5-9-18)29-38(34,35)19-10-6-16(7-11-19)28-22(31)14-30(37(2,32)33)21-13-15(23(25,26)27)3-12-20(21)24/h3-13,29H,14H2,1-2H3,(H,28,31). The van der Waals surface area contributed by atoms with Crippen LogP contribution in [0.5, 0.6) is 5.75 Å². The van der Waals surface area contributed by atoms with Crippen molar-refractivity contribution in [3.8, 4) is 5.75 Å². The summed E-state index contributed by atoms with van der Waals surface area (Å²) >= 11 is 5.95. The van der Waals surface area contributed by atoms with Crippen LogP contribution in [0.15, 0.2) is 71.6 Å². The predicted molar refractivity (Wildman–Crippen MR) is 138 cm³/mol. The Kier molecular flexibility index (Phi) is 8.48. The molecule has 3 aromatic carbocycles. The number of sulfonamides is 2. The van der Waals surface area contributed by atoms with Gasteiger partial charge in [-0.2, -0.15) is 13.2 Å². The number of anilines is 3. The molecule has 0 spiro atoms. The fourth-order valence-corrected chi connectivity index (χ4v) is 5.37. The van der Waals surface area contributed by atoms with Gasteiger partial charge in [0.2, 0.25) is 15.9 Å². The molecule has 0 atom stereocenters. The van der Waals surface area contributed by atoms with E-state index in [1.54, 1.807) is 12.1 Å². The van der Waals surface area contributed by atoms with E-state index in [2.05, 4.69) is 10.0 Å². The zero-order chi connectivity index (χ0) is 28.3. The Labute approximate surface area is 222 Å². The summed E-state index contributed by atoms with van der Waals surface area (Å²) in [6.07, 6.45) is -4.05. The number of hydrogen-bond acceptors (Lipinski definition) is 6. The first-order chi connectivity index (χ1) is 17.6. The molecule has 0 unspecified atom stereocenters. The molecule has 0 radical (unpaired) electrons. The van der Waals surface area contributed by atoms with Crippen LogP contribution in [0.3, 0.4) is 0 Å². The minimum atomic E-state index is -4.77. The van der Waals surface area contributed by atoms with Crippen molar-refractivity contribution < 1.29 is 39.5 Å². The number of carbonyl (C=O) groups excluding carboxylic acids is 1. The second-order valence-electron chi connectivity index (χ2n) is 7.84. The smallest absolute Gasteiger partial charge is 0.416 e. The first-order valence-electron chi connectivity index (χ1n) is 10.5. The SMILES string of the molecule is COc1ccc(NS(=O)(=O)c2ccc(NC(=O)CN(c3cc(C(F)(F)F)ccc3Cl)S(C)(=O)=O)cc2)cc1. The minimum Gasteiger partial charge on any atom is -0.497 e. The fraction of sp³-hybridized carbons (Fsp3) is 0.174. The highest BCUT2D eigenvalue weighted by Gasteiger charge is 2.33. The van der Waals surface area contributed by atoms with E-state index >= 15 is 0 Å². The Morgan fingerprint density at radius 2 is 1.53 bits per heavy atom. The van der Waals surface area contributed by atoms with Crippen molar-refractivity contribution >= 4 is 54.6 Å². The van der Waals surface area contributed by atoms with Crippen molar-refractivity contribution in [1.82, 2.24) is 0 Å². The molecule has 0 aliphatic rings. The summed E-state index contributed by atoms with van der Waals surface area (Å²) < 4.78 is 97.1. The van der Waals surface area contributed by atoms with Gasteiger partial charge < -0.3 is 10.1 Å². The van der Waals surface area contributed by atoms with Gasteiger partial charge in [0, 0.05) is 11.4 Å². The molecule has 0 heterocycles. The van der Waals surface area contributed by atoms with Crippen LogP contribution in [0.2, 0.25) is 5.02 Å². The van der Waals surface area contributed by atoms with E-state index in [0.29, 0.717) is 28.4 Å². The average molecular weight is 592 g/mol. The van der Waals surface area contributed by atoms with Gasteiger partial charge in [0.25, 0.3) is 10.0 Å². The zero-order valence-corrected chi connectivity index (χ0v) is 22.2.